The van der Waals surface area contributed by atoms with Gasteiger partial charge in [-0.25, -0.2) is 0 Å². The van der Waals surface area contributed by atoms with Crippen LogP contribution < -0.4 is 14.1 Å². The topological polar surface area (TPSA) is 31.5 Å². The van der Waals surface area contributed by atoms with E-state index in [-0.39, 0.29) is 37.2 Å². The molecule has 2 radical (unpaired) electrons. The molecule has 1 nitrogen and oxygen atoms in total. The van der Waals surface area contributed by atoms with Crippen LogP contribution in [0.3, 0.4) is 0 Å². The van der Waals surface area contributed by atoms with Crippen molar-refractivity contribution < 1.29 is 5.48 Å². The average molecular weight is 607 g/mol. The number of benzene rings is 3. The molecule has 0 fully saturated rings. The Balaban J connectivity index is 0.000000380. The van der Waals surface area contributed by atoms with E-state index in [1.807, 2.05) is 0 Å². The van der Waals surface area contributed by atoms with Gasteiger partial charge in [0.15, 0.2) is 0 Å². The van der Waals surface area contributed by atoms with Gasteiger partial charge in [0, 0.05) is 0 Å². The molecule has 0 heterocycles. The Hall–Kier alpha value is -1.41. The molecule has 0 bridgehead atoms. The van der Waals surface area contributed by atoms with E-state index in [9.17, 15) is 0 Å². The van der Waals surface area contributed by atoms with Crippen LogP contribution >= 0.6 is 9.24 Å². The van der Waals surface area contributed by atoms with Crippen molar-refractivity contribution in [1.29, 1.82) is 0 Å². The fourth-order valence-corrected chi connectivity index (χ4v) is 9.02. The van der Waals surface area contributed by atoms with Gasteiger partial charge >= 0.3 is 123 Å². The van der Waals surface area contributed by atoms with Crippen molar-refractivity contribution in [3.63, 3.8) is 0 Å². The van der Waals surface area contributed by atoms with Gasteiger partial charge in [-0.3, -0.25) is 0 Å². The van der Waals surface area contributed by atoms with E-state index in [2.05, 4.69) is 149 Å². The summed E-state index contributed by atoms with van der Waals surface area (Å²) < 4.78 is 3.22. The number of rotatable bonds is 2. The molecule has 3 heteroatoms. The molecule has 39 heavy (non-hydrogen) atoms. The molecule has 3 aromatic rings. The minimum atomic E-state index is -0.239. The van der Waals surface area contributed by atoms with Crippen LogP contribution in [0.1, 0.15) is 112 Å². The van der Waals surface area contributed by atoms with Crippen LogP contribution in [0.4, 0.5) is 0 Å². The van der Waals surface area contributed by atoms with Crippen molar-refractivity contribution in [2.75, 3.05) is 0 Å². The summed E-state index contributed by atoms with van der Waals surface area (Å²) >= 11 is -0.239. The Morgan fingerprint density at radius 3 is 1.00 bits per heavy atom. The van der Waals surface area contributed by atoms with Gasteiger partial charge in [-0.05, 0) is 38.2 Å². The quantitative estimate of drug-likeness (QED) is 0.214. The molecule has 0 aliphatic carbocycles. The monoisotopic (exact) mass is 608 g/mol. The van der Waals surface area contributed by atoms with E-state index in [0.717, 1.165) is 0 Å². The molecule has 0 saturated heterocycles. The molecule has 0 aliphatic rings. The largest absolute Gasteiger partial charge is 0.412 e. The van der Waals surface area contributed by atoms with Gasteiger partial charge in [-0.15, -0.1) is 9.24 Å². The standard InChI is InChI=1S/C18H22Ge.C18H31P.H2O/c1-11-7-13(3)17(14(4)8-11)19-18-15(5)9-12(2)10-16(18)6;1-16(2,3)12-10-13(17(4,5)6)15(19)14(11-12)18(7,8)9;/h7-10H,1-6H3;10-11H,19H2,1-9H3;1H2. The second-order valence-corrected chi connectivity index (χ2v) is 17.6. The predicted octanol–water partition coefficient (Wildman–Crippen LogP) is 7.45. The Bertz CT molecular complexity index is 1160. The molecule has 0 spiro atoms. The van der Waals surface area contributed by atoms with Crippen molar-refractivity contribution in [2.45, 2.75) is 120 Å². The van der Waals surface area contributed by atoms with Crippen LogP contribution in [0.2, 0.25) is 0 Å². The molecule has 0 aromatic heterocycles. The van der Waals surface area contributed by atoms with E-state index in [4.69, 9.17) is 0 Å². The third-order valence-electron chi connectivity index (χ3n) is 7.27. The molecule has 3 aromatic carbocycles. The number of hydrogen-bond donors (Lipinski definition) is 0. The molecule has 3 rings (SSSR count). The van der Waals surface area contributed by atoms with Crippen molar-refractivity contribution in [1.82, 2.24) is 0 Å². The van der Waals surface area contributed by atoms with Crippen LogP contribution in [-0.4, -0.2) is 20.9 Å². The normalized spacial score (nSPS) is 12.0. The van der Waals surface area contributed by atoms with Crippen molar-refractivity contribution in [3.8, 4) is 0 Å². The van der Waals surface area contributed by atoms with Crippen LogP contribution in [0.5, 0.6) is 0 Å². The zero-order valence-electron chi connectivity index (χ0n) is 27.5. The number of aryl methyl sites for hydroxylation is 6. The van der Waals surface area contributed by atoms with E-state index in [0.29, 0.717) is 0 Å². The molecule has 0 amide bonds. The summed E-state index contributed by atoms with van der Waals surface area (Å²) in [5, 5.41) is 1.38. The van der Waals surface area contributed by atoms with E-state index < -0.39 is 0 Å². The fourth-order valence-electron chi connectivity index (χ4n) is 5.21. The Labute approximate surface area is 250 Å². The zero-order valence-corrected chi connectivity index (χ0v) is 30.8. The minimum Gasteiger partial charge on any atom is -0.412 e. The minimum absolute atomic E-state index is 0. The summed E-state index contributed by atoms with van der Waals surface area (Å²) in [5.41, 5.74) is 13.5. The van der Waals surface area contributed by atoms with Gasteiger partial charge in [0.25, 0.3) is 0 Å². The smallest absolute Gasteiger partial charge is 0.412 e. The Morgan fingerprint density at radius 1 is 0.487 bits per heavy atom. The fraction of sp³-hybridized carbons (Fsp3) is 0.500. The maximum absolute atomic E-state index is 2.98. The van der Waals surface area contributed by atoms with Gasteiger partial charge in [0.1, 0.15) is 0 Å². The van der Waals surface area contributed by atoms with Crippen LogP contribution in [0.15, 0.2) is 36.4 Å². The predicted molar refractivity (Wildman–Crippen MR) is 182 cm³/mol. The summed E-state index contributed by atoms with van der Waals surface area (Å²) in [7, 11) is 2.98. The summed E-state index contributed by atoms with van der Waals surface area (Å²) in [5.74, 6) is 0. The van der Waals surface area contributed by atoms with Crippen LogP contribution in [0, 0.1) is 41.5 Å². The molecule has 0 aliphatic heterocycles. The molecular formula is C36H55GeOP. The van der Waals surface area contributed by atoms with Crippen molar-refractivity contribution in [2.24, 2.45) is 0 Å². The van der Waals surface area contributed by atoms with Gasteiger partial charge in [-0.1, -0.05) is 74.4 Å². The molecular weight excluding hydrogens is 552 g/mol. The molecule has 0 saturated carbocycles. The Morgan fingerprint density at radius 2 is 0.769 bits per heavy atom. The first-order valence-electron chi connectivity index (χ1n) is 14.0. The SMILES string of the molecule is CC(C)(C)c1cc(C(C)(C)C)c(P)c(C(C)(C)C)c1.Cc1cc(C)[c]([Ge][c]2c(C)cc(C)cc2C)c(C)c1.O. The second-order valence-electron chi connectivity index (χ2n) is 14.4. The Kier molecular flexibility index (Phi) is 11.9. The molecule has 1 atom stereocenters. The third kappa shape index (κ3) is 9.31. The number of hydrogen-bond acceptors (Lipinski definition) is 0. The van der Waals surface area contributed by atoms with E-state index in [1.165, 1.54) is 55.4 Å². The first-order valence-corrected chi connectivity index (χ1v) is 16.7. The summed E-state index contributed by atoms with van der Waals surface area (Å²) in [6, 6.07) is 14.1. The third-order valence-corrected chi connectivity index (χ3v) is 12.2. The van der Waals surface area contributed by atoms with E-state index in [1.54, 1.807) is 8.79 Å². The van der Waals surface area contributed by atoms with Crippen molar-refractivity contribution >= 4 is 38.8 Å². The molecule has 214 valence electrons. The second kappa shape index (κ2) is 13.1. The van der Waals surface area contributed by atoms with Gasteiger partial charge in [-0.2, -0.15) is 0 Å². The summed E-state index contributed by atoms with van der Waals surface area (Å²) in [6.07, 6.45) is 0. The molecule has 2 N–H and O–H groups in total. The maximum atomic E-state index is 2.98. The maximum Gasteiger partial charge on any atom is -0.412 e. The van der Waals surface area contributed by atoms with Crippen LogP contribution in [-0.2, 0) is 16.2 Å². The van der Waals surface area contributed by atoms with Crippen LogP contribution in [0.25, 0.3) is 0 Å². The summed E-state index contributed by atoms with van der Waals surface area (Å²) in [6.45, 7) is 34.1. The summed E-state index contributed by atoms with van der Waals surface area (Å²) in [4.78, 5) is 0. The van der Waals surface area contributed by atoms with Gasteiger partial charge in [0.05, 0.1) is 0 Å². The molecule has 1 unspecified atom stereocenters. The van der Waals surface area contributed by atoms with Gasteiger partial charge in [0.2, 0.25) is 0 Å². The van der Waals surface area contributed by atoms with Gasteiger partial charge < -0.3 is 5.48 Å². The van der Waals surface area contributed by atoms with E-state index >= 15 is 0 Å². The first-order chi connectivity index (χ1) is 17.1. The van der Waals surface area contributed by atoms with Crippen molar-refractivity contribution in [3.05, 3.63) is 86.5 Å². The first kappa shape index (κ1) is 35.6. The average Bonchev–Trinajstić information content (AvgIpc) is 2.70. The zero-order chi connectivity index (χ0) is 29.4.